The molecular weight excluding hydrogens is 400 g/mol. The molecule has 0 aromatic heterocycles. The van der Waals surface area contributed by atoms with Gasteiger partial charge in [-0.3, -0.25) is 0 Å². The van der Waals surface area contributed by atoms with Gasteiger partial charge in [-0.2, -0.15) is 17.5 Å². The van der Waals surface area contributed by atoms with E-state index >= 15 is 0 Å². The van der Waals surface area contributed by atoms with Gasteiger partial charge >= 0.3 is 0 Å². The van der Waals surface area contributed by atoms with Crippen molar-refractivity contribution in [1.82, 2.24) is 0 Å². The van der Waals surface area contributed by atoms with Gasteiger partial charge in [-0.1, -0.05) is 67.6 Å². The first-order chi connectivity index (χ1) is 8.75. The van der Waals surface area contributed by atoms with Crippen LogP contribution in [0.15, 0.2) is 48.5 Å². The summed E-state index contributed by atoms with van der Waals surface area (Å²) in [6.07, 6.45) is 2.17. The molecule has 0 nitrogen and oxygen atoms in total. The number of benzene rings is 2. The fraction of sp³-hybridized carbons (Fsp3) is 0.278. The maximum atomic E-state index is 2.31. The van der Waals surface area contributed by atoms with Crippen LogP contribution in [-0.2, 0) is 33.9 Å². The molecule has 0 atom stereocenters. The minimum atomic E-state index is 0. The van der Waals surface area contributed by atoms with Gasteiger partial charge in [0, 0.05) is 21.1 Å². The van der Waals surface area contributed by atoms with Crippen LogP contribution >= 0.6 is 0 Å². The summed E-state index contributed by atoms with van der Waals surface area (Å²) < 4.78 is 0. The summed E-state index contributed by atoms with van der Waals surface area (Å²) in [7, 11) is 0. The van der Waals surface area contributed by atoms with E-state index in [9.17, 15) is 0 Å². The molecule has 0 saturated carbocycles. The second kappa shape index (κ2) is 5.97. The van der Waals surface area contributed by atoms with Crippen molar-refractivity contribution in [2.75, 3.05) is 0 Å². The summed E-state index contributed by atoms with van der Waals surface area (Å²) in [6.45, 7) is 4.61. The minimum absolute atomic E-state index is 0. The van der Waals surface area contributed by atoms with E-state index in [1.54, 1.807) is 5.92 Å². The second-order valence-electron chi connectivity index (χ2n) is 5.46. The Labute approximate surface area is 130 Å². The Morgan fingerprint density at radius 2 is 1.42 bits per heavy atom. The summed E-state index contributed by atoms with van der Waals surface area (Å²) in [4.78, 5) is 0. The second-order valence-corrected chi connectivity index (χ2v) is 5.46. The van der Waals surface area contributed by atoms with Gasteiger partial charge in [0.05, 0.1) is 0 Å². The quantitative estimate of drug-likeness (QED) is 0.601. The molecule has 98 valence electrons. The van der Waals surface area contributed by atoms with Gasteiger partial charge in [-0.05, 0) is 6.42 Å². The molecule has 0 N–H and O–H groups in total. The van der Waals surface area contributed by atoms with Crippen LogP contribution in [0.25, 0.3) is 0 Å². The molecule has 0 saturated heterocycles. The fourth-order valence-electron chi connectivity index (χ4n) is 2.91. The summed E-state index contributed by atoms with van der Waals surface area (Å²) in [5.41, 5.74) is 5.94. The van der Waals surface area contributed by atoms with E-state index in [2.05, 4.69) is 62.4 Å². The molecule has 1 aliphatic rings. The summed E-state index contributed by atoms with van der Waals surface area (Å²) in [6, 6.07) is 17.8. The molecule has 0 aliphatic heterocycles. The van der Waals surface area contributed by atoms with Gasteiger partial charge in [0.25, 0.3) is 0 Å². The first-order valence-corrected chi connectivity index (χ1v) is 6.76. The zero-order chi connectivity index (χ0) is 12.5. The molecule has 0 bridgehead atoms. The van der Waals surface area contributed by atoms with Gasteiger partial charge in [0.15, 0.2) is 0 Å². The normalized spacial score (nSPS) is 13.3. The smallest absolute Gasteiger partial charge is 0 e. The van der Waals surface area contributed by atoms with Crippen LogP contribution in [0.3, 0.4) is 0 Å². The van der Waals surface area contributed by atoms with E-state index in [4.69, 9.17) is 0 Å². The van der Waals surface area contributed by atoms with Crippen LogP contribution in [0.2, 0.25) is 0 Å². The first kappa shape index (κ1) is 14.4. The molecule has 2 aromatic carbocycles. The predicted octanol–water partition coefficient (Wildman–Crippen LogP) is 4.41. The van der Waals surface area contributed by atoms with E-state index in [0.29, 0.717) is 5.92 Å². The minimum Gasteiger partial charge on any atom is -0.185 e. The predicted molar refractivity (Wildman–Crippen MR) is 76.6 cm³/mol. The van der Waals surface area contributed by atoms with Crippen molar-refractivity contribution < 1.29 is 21.1 Å². The Kier molecular flexibility index (Phi) is 4.53. The maximum absolute atomic E-state index is 2.31. The van der Waals surface area contributed by atoms with Gasteiger partial charge in [0.1, 0.15) is 0 Å². The zero-order valence-corrected chi connectivity index (χ0v) is 14.5. The van der Waals surface area contributed by atoms with Gasteiger partial charge < -0.3 is 0 Å². The van der Waals surface area contributed by atoms with Crippen LogP contribution in [0.5, 0.6) is 0 Å². The van der Waals surface area contributed by atoms with E-state index in [-0.39, 0.29) is 21.1 Å². The Morgan fingerprint density at radius 3 is 2.11 bits per heavy atom. The zero-order valence-electron chi connectivity index (χ0n) is 11.5. The SMILES string of the molecule is CC(C)[C-]1Cc2ccccc2Cc2ccccc21.[W]. The fourth-order valence-corrected chi connectivity index (χ4v) is 2.91. The van der Waals surface area contributed by atoms with Crippen molar-refractivity contribution in [2.45, 2.75) is 26.7 Å². The third-order valence-electron chi connectivity index (χ3n) is 3.94. The van der Waals surface area contributed by atoms with Crippen molar-refractivity contribution in [1.29, 1.82) is 0 Å². The van der Waals surface area contributed by atoms with Crippen LogP contribution in [0.4, 0.5) is 0 Å². The standard InChI is InChI=1S/C18H19.W/c1-13(2)18-12-15-8-4-3-7-14(15)11-16-9-5-6-10-17(16)18;/h3-10,13H,11-12H2,1-2H3;/q-1;. The monoisotopic (exact) mass is 419 g/mol. The van der Waals surface area contributed by atoms with Crippen molar-refractivity contribution in [3.05, 3.63) is 76.7 Å². The third-order valence-corrected chi connectivity index (χ3v) is 3.94. The molecule has 0 fully saturated rings. The Morgan fingerprint density at radius 1 is 0.842 bits per heavy atom. The number of fused-ring (bicyclic) bond motifs is 2. The summed E-state index contributed by atoms with van der Waals surface area (Å²) in [5.74, 6) is 2.19. The van der Waals surface area contributed by atoms with Crippen LogP contribution in [0, 0.1) is 11.8 Å². The first-order valence-electron chi connectivity index (χ1n) is 6.76. The molecule has 3 rings (SSSR count). The van der Waals surface area contributed by atoms with E-state index in [1.165, 1.54) is 22.3 Å². The van der Waals surface area contributed by atoms with Gasteiger partial charge in [-0.15, -0.1) is 17.7 Å². The molecule has 0 unspecified atom stereocenters. The third kappa shape index (κ3) is 2.79. The van der Waals surface area contributed by atoms with Gasteiger partial charge in [0.2, 0.25) is 0 Å². The molecule has 1 aliphatic carbocycles. The summed E-state index contributed by atoms with van der Waals surface area (Å²) in [5, 5.41) is 0. The Balaban J connectivity index is 0.00000133. The molecule has 0 radical (unpaired) electrons. The largest absolute Gasteiger partial charge is 0.185 e. The average molecular weight is 419 g/mol. The molecular formula is C18H19W-. The van der Waals surface area contributed by atoms with Crippen molar-refractivity contribution in [3.63, 3.8) is 0 Å². The van der Waals surface area contributed by atoms with E-state index < -0.39 is 0 Å². The van der Waals surface area contributed by atoms with Crippen molar-refractivity contribution >= 4 is 0 Å². The molecule has 19 heavy (non-hydrogen) atoms. The topological polar surface area (TPSA) is 0 Å². The van der Waals surface area contributed by atoms with Crippen LogP contribution < -0.4 is 0 Å². The van der Waals surface area contributed by atoms with Crippen LogP contribution in [-0.4, -0.2) is 0 Å². The molecule has 0 amide bonds. The molecule has 1 heteroatoms. The Hall–Kier alpha value is -1.00. The van der Waals surface area contributed by atoms with Gasteiger partial charge in [-0.25, -0.2) is 0 Å². The number of hydrogen-bond donors (Lipinski definition) is 0. The van der Waals surface area contributed by atoms with Crippen molar-refractivity contribution in [2.24, 2.45) is 5.92 Å². The molecule has 0 heterocycles. The van der Waals surface area contributed by atoms with E-state index in [0.717, 1.165) is 12.8 Å². The van der Waals surface area contributed by atoms with E-state index in [1.807, 2.05) is 0 Å². The van der Waals surface area contributed by atoms with Crippen LogP contribution in [0.1, 0.15) is 36.1 Å². The number of rotatable bonds is 1. The Bertz CT molecular complexity index is 557. The molecule has 0 spiro atoms. The average Bonchev–Trinajstić information content (AvgIpc) is 2.55. The molecule has 2 aromatic rings. The maximum Gasteiger partial charge on any atom is 0 e. The number of hydrogen-bond acceptors (Lipinski definition) is 0. The van der Waals surface area contributed by atoms with Crippen molar-refractivity contribution in [3.8, 4) is 0 Å². The summed E-state index contributed by atoms with van der Waals surface area (Å²) >= 11 is 0.